The largest absolute Gasteiger partial charge is 0.416 e. The number of aliphatic hydroxyl groups excluding tert-OH is 1. The molecule has 19 heavy (non-hydrogen) atoms. The van der Waals surface area contributed by atoms with Crippen molar-refractivity contribution in [2.75, 3.05) is 0 Å². The van der Waals surface area contributed by atoms with Crippen LogP contribution in [0, 0.1) is 0 Å². The van der Waals surface area contributed by atoms with Crippen molar-refractivity contribution in [1.82, 2.24) is 0 Å². The van der Waals surface area contributed by atoms with Crippen LogP contribution in [0.25, 0.3) is 0 Å². The Kier molecular flexibility index (Phi) is 4.39. The predicted molar refractivity (Wildman–Crippen MR) is 75.2 cm³/mol. The minimum Gasteiger partial charge on any atom is -0.383 e. The van der Waals surface area contributed by atoms with Gasteiger partial charge in [0.15, 0.2) is 0 Å². The number of halogens is 5. The van der Waals surface area contributed by atoms with E-state index in [4.69, 9.17) is 0 Å². The third-order valence-electron chi connectivity index (χ3n) is 2.46. The molecule has 0 saturated heterocycles. The van der Waals surface area contributed by atoms with Gasteiger partial charge in [0.1, 0.15) is 6.10 Å². The van der Waals surface area contributed by atoms with Gasteiger partial charge in [-0.15, -0.1) is 11.3 Å². The Morgan fingerprint density at radius 1 is 1.16 bits per heavy atom. The molecule has 0 saturated carbocycles. The van der Waals surface area contributed by atoms with Crippen LogP contribution >= 0.6 is 43.2 Å². The van der Waals surface area contributed by atoms with Gasteiger partial charge in [0.2, 0.25) is 0 Å². The van der Waals surface area contributed by atoms with Gasteiger partial charge in [0.25, 0.3) is 0 Å². The van der Waals surface area contributed by atoms with E-state index in [1.165, 1.54) is 23.5 Å². The summed E-state index contributed by atoms with van der Waals surface area (Å²) in [7, 11) is 0. The van der Waals surface area contributed by atoms with E-state index in [0.29, 0.717) is 4.88 Å². The second kappa shape index (κ2) is 5.55. The third-order valence-corrected chi connectivity index (χ3v) is 5.77. The van der Waals surface area contributed by atoms with Crippen LogP contribution in [0.15, 0.2) is 38.6 Å². The summed E-state index contributed by atoms with van der Waals surface area (Å²) in [6.07, 6.45) is -5.48. The molecule has 1 heterocycles. The van der Waals surface area contributed by atoms with Crippen molar-refractivity contribution >= 4 is 43.2 Å². The van der Waals surface area contributed by atoms with Gasteiger partial charge in [-0.2, -0.15) is 13.2 Å². The van der Waals surface area contributed by atoms with Gasteiger partial charge >= 0.3 is 6.18 Å². The van der Waals surface area contributed by atoms with E-state index in [1.807, 2.05) is 0 Å². The SMILES string of the molecule is OC(c1cccc(C(F)(F)F)c1)c1cc(Br)c(Br)s1. The molecule has 0 radical (unpaired) electrons. The van der Waals surface area contributed by atoms with Crippen molar-refractivity contribution in [3.63, 3.8) is 0 Å². The topological polar surface area (TPSA) is 20.2 Å². The molecule has 0 aliphatic carbocycles. The molecular weight excluding hydrogens is 409 g/mol. The number of alkyl halides is 3. The maximum absolute atomic E-state index is 12.6. The average Bonchev–Trinajstić information content (AvgIpc) is 2.68. The lowest BCUT2D eigenvalue weighted by molar-refractivity contribution is -0.137. The summed E-state index contributed by atoms with van der Waals surface area (Å²) in [6, 6.07) is 6.39. The molecule has 1 atom stereocenters. The minimum absolute atomic E-state index is 0.219. The van der Waals surface area contributed by atoms with E-state index in [2.05, 4.69) is 31.9 Å². The fraction of sp³-hybridized carbons (Fsp3) is 0.167. The molecule has 0 amide bonds. The molecule has 1 N–H and O–H groups in total. The molecular formula is C12H7Br2F3OS. The summed E-state index contributed by atoms with van der Waals surface area (Å²) in [4.78, 5) is 0.568. The van der Waals surface area contributed by atoms with E-state index >= 15 is 0 Å². The third kappa shape index (κ3) is 3.39. The first kappa shape index (κ1) is 15.0. The fourth-order valence-electron chi connectivity index (χ4n) is 1.55. The van der Waals surface area contributed by atoms with E-state index in [0.717, 1.165) is 20.4 Å². The molecule has 2 aromatic rings. The molecule has 1 aromatic heterocycles. The molecule has 0 aliphatic rings. The number of rotatable bonds is 2. The molecule has 102 valence electrons. The lowest BCUT2D eigenvalue weighted by Gasteiger charge is -2.12. The lowest BCUT2D eigenvalue weighted by Crippen LogP contribution is -2.06. The minimum atomic E-state index is -4.41. The summed E-state index contributed by atoms with van der Waals surface area (Å²) in [5, 5.41) is 10.1. The van der Waals surface area contributed by atoms with Crippen molar-refractivity contribution < 1.29 is 18.3 Å². The maximum Gasteiger partial charge on any atom is 0.416 e. The highest BCUT2D eigenvalue weighted by Crippen LogP contribution is 2.38. The van der Waals surface area contributed by atoms with E-state index < -0.39 is 17.8 Å². The number of hydrogen-bond acceptors (Lipinski definition) is 2. The van der Waals surface area contributed by atoms with E-state index in [1.54, 1.807) is 6.07 Å². The van der Waals surface area contributed by atoms with Crippen LogP contribution in [-0.2, 0) is 6.18 Å². The van der Waals surface area contributed by atoms with Crippen molar-refractivity contribution in [3.8, 4) is 0 Å². The van der Waals surface area contributed by atoms with Gasteiger partial charge in [-0.3, -0.25) is 0 Å². The van der Waals surface area contributed by atoms with Crippen LogP contribution in [0.1, 0.15) is 22.1 Å². The summed E-state index contributed by atoms with van der Waals surface area (Å²) in [6.45, 7) is 0. The first-order chi connectivity index (χ1) is 8.79. The highest BCUT2D eigenvalue weighted by Gasteiger charge is 2.31. The van der Waals surface area contributed by atoms with Crippen molar-refractivity contribution in [2.24, 2.45) is 0 Å². The Bertz CT molecular complexity index is 575. The molecule has 7 heteroatoms. The molecule has 1 nitrogen and oxygen atoms in total. The number of benzene rings is 1. The van der Waals surface area contributed by atoms with Crippen LogP contribution < -0.4 is 0 Å². The molecule has 0 fully saturated rings. The number of hydrogen-bond donors (Lipinski definition) is 1. The van der Waals surface area contributed by atoms with Gasteiger partial charge in [-0.1, -0.05) is 12.1 Å². The normalized spacial score (nSPS) is 13.6. The zero-order valence-corrected chi connectivity index (χ0v) is 13.2. The highest BCUT2D eigenvalue weighted by molar-refractivity contribution is 9.13. The molecule has 0 aliphatic heterocycles. The summed E-state index contributed by atoms with van der Waals surface area (Å²) >= 11 is 7.83. The first-order valence-corrected chi connectivity index (χ1v) is 7.49. The lowest BCUT2D eigenvalue weighted by atomic mass is 10.0. The highest BCUT2D eigenvalue weighted by atomic mass is 79.9. The van der Waals surface area contributed by atoms with Crippen LogP contribution in [0.4, 0.5) is 13.2 Å². The smallest absolute Gasteiger partial charge is 0.383 e. The fourth-order valence-corrected chi connectivity index (χ4v) is 3.65. The van der Waals surface area contributed by atoms with Crippen LogP contribution in [-0.4, -0.2) is 5.11 Å². The Morgan fingerprint density at radius 2 is 1.84 bits per heavy atom. The van der Waals surface area contributed by atoms with Gasteiger partial charge in [0.05, 0.1) is 9.35 Å². The first-order valence-electron chi connectivity index (χ1n) is 5.09. The molecule has 0 spiro atoms. The molecule has 2 rings (SSSR count). The van der Waals surface area contributed by atoms with Crippen LogP contribution in [0.3, 0.4) is 0 Å². The molecule has 0 bridgehead atoms. The summed E-state index contributed by atoms with van der Waals surface area (Å²) in [5.41, 5.74) is -0.546. The van der Waals surface area contributed by atoms with Gasteiger partial charge in [-0.05, 0) is 55.6 Å². The van der Waals surface area contributed by atoms with Crippen molar-refractivity contribution in [3.05, 3.63) is 54.6 Å². The number of aliphatic hydroxyl groups is 1. The van der Waals surface area contributed by atoms with Gasteiger partial charge < -0.3 is 5.11 Å². The Morgan fingerprint density at radius 3 is 2.37 bits per heavy atom. The standard InChI is InChI=1S/C12H7Br2F3OS/c13-8-5-9(19-11(8)14)10(18)6-2-1-3-7(4-6)12(15,16)17/h1-5,10,18H. The summed E-state index contributed by atoms with van der Waals surface area (Å²) < 4.78 is 39.4. The second-order valence-electron chi connectivity index (χ2n) is 3.80. The maximum atomic E-state index is 12.6. The Labute approximate surface area is 128 Å². The Hall–Kier alpha value is -0.370. The second-order valence-corrected chi connectivity index (χ2v) is 7.05. The zero-order valence-electron chi connectivity index (χ0n) is 9.21. The Balaban J connectivity index is 2.36. The van der Waals surface area contributed by atoms with Crippen molar-refractivity contribution in [2.45, 2.75) is 12.3 Å². The monoisotopic (exact) mass is 414 g/mol. The predicted octanol–water partition coefficient (Wildman–Crippen LogP) is 5.37. The number of thiophene rings is 1. The van der Waals surface area contributed by atoms with E-state index in [-0.39, 0.29) is 5.56 Å². The summed E-state index contributed by atoms with van der Waals surface area (Å²) in [5.74, 6) is 0. The molecule has 1 aromatic carbocycles. The van der Waals surface area contributed by atoms with Crippen molar-refractivity contribution in [1.29, 1.82) is 0 Å². The van der Waals surface area contributed by atoms with Gasteiger partial charge in [0, 0.05) is 9.35 Å². The van der Waals surface area contributed by atoms with Gasteiger partial charge in [-0.25, -0.2) is 0 Å². The van der Waals surface area contributed by atoms with Crippen LogP contribution in [0.2, 0.25) is 0 Å². The average molecular weight is 416 g/mol. The quantitative estimate of drug-likeness (QED) is 0.698. The molecule has 1 unspecified atom stereocenters. The zero-order chi connectivity index (χ0) is 14.2. The van der Waals surface area contributed by atoms with E-state index in [9.17, 15) is 18.3 Å². The van der Waals surface area contributed by atoms with Crippen LogP contribution in [0.5, 0.6) is 0 Å².